The summed E-state index contributed by atoms with van der Waals surface area (Å²) in [6, 6.07) is 7.17. The highest BCUT2D eigenvalue weighted by Gasteiger charge is 2.19. The predicted molar refractivity (Wildman–Crippen MR) is 70.6 cm³/mol. The molecule has 0 saturated heterocycles. The third kappa shape index (κ3) is 2.36. The van der Waals surface area contributed by atoms with E-state index in [1.165, 1.54) is 0 Å². The molecule has 0 aliphatic rings. The van der Waals surface area contributed by atoms with Gasteiger partial charge in [-0.2, -0.15) is 0 Å². The maximum atomic E-state index is 6.00. The van der Waals surface area contributed by atoms with Crippen LogP contribution in [0, 0.1) is 6.92 Å². The molecule has 0 aliphatic carbocycles. The zero-order valence-electron chi connectivity index (χ0n) is 10.2. The second-order valence-electron chi connectivity index (χ2n) is 3.96. The summed E-state index contributed by atoms with van der Waals surface area (Å²) in [6.07, 6.45) is 1.64. The first-order chi connectivity index (χ1) is 8.67. The van der Waals surface area contributed by atoms with Crippen molar-refractivity contribution in [1.82, 2.24) is 5.43 Å². The van der Waals surface area contributed by atoms with Gasteiger partial charge in [0.1, 0.15) is 17.6 Å². The van der Waals surface area contributed by atoms with E-state index in [1.54, 1.807) is 19.4 Å². The largest absolute Gasteiger partial charge is 0.495 e. The number of ether oxygens (including phenoxy) is 1. The Labute approximate surface area is 111 Å². The standard InChI is InChI=1S/C13H15ClN2O2/c1-8-5-6-18-13(8)12(16-15)9-3-4-10(14)11(7-9)17-2/h3-7,12,16H,15H2,1-2H3. The minimum Gasteiger partial charge on any atom is -0.495 e. The lowest BCUT2D eigenvalue weighted by Crippen LogP contribution is -2.29. The maximum Gasteiger partial charge on any atom is 0.137 e. The number of nitrogens with one attached hydrogen (secondary N) is 1. The van der Waals surface area contributed by atoms with E-state index >= 15 is 0 Å². The summed E-state index contributed by atoms with van der Waals surface area (Å²) < 4.78 is 10.7. The predicted octanol–water partition coefficient (Wildman–Crippen LogP) is 2.80. The second kappa shape index (κ2) is 5.44. The molecule has 96 valence electrons. The number of hydrogen-bond donors (Lipinski definition) is 2. The van der Waals surface area contributed by atoms with Crippen molar-refractivity contribution in [1.29, 1.82) is 0 Å². The van der Waals surface area contributed by atoms with Crippen molar-refractivity contribution >= 4 is 11.6 Å². The quantitative estimate of drug-likeness (QED) is 0.660. The van der Waals surface area contributed by atoms with Gasteiger partial charge in [0.15, 0.2) is 0 Å². The normalized spacial score (nSPS) is 12.4. The highest BCUT2D eigenvalue weighted by atomic mass is 35.5. The number of halogens is 1. The van der Waals surface area contributed by atoms with Gasteiger partial charge in [0, 0.05) is 0 Å². The lowest BCUT2D eigenvalue weighted by Gasteiger charge is -2.16. The third-order valence-corrected chi connectivity index (χ3v) is 3.15. The van der Waals surface area contributed by atoms with Crippen LogP contribution in [0.2, 0.25) is 5.02 Å². The van der Waals surface area contributed by atoms with Gasteiger partial charge < -0.3 is 9.15 Å². The molecule has 0 bridgehead atoms. The van der Waals surface area contributed by atoms with Crippen molar-refractivity contribution in [2.45, 2.75) is 13.0 Å². The molecule has 5 heteroatoms. The molecule has 1 heterocycles. The Kier molecular flexibility index (Phi) is 3.91. The Morgan fingerprint density at radius 1 is 1.39 bits per heavy atom. The minimum atomic E-state index is -0.230. The lowest BCUT2D eigenvalue weighted by atomic mass is 10.0. The van der Waals surface area contributed by atoms with Gasteiger partial charge in [-0.05, 0) is 36.2 Å². The molecule has 3 N–H and O–H groups in total. The number of hydrogen-bond acceptors (Lipinski definition) is 4. The van der Waals surface area contributed by atoms with Gasteiger partial charge in [-0.15, -0.1) is 0 Å². The zero-order chi connectivity index (χ0) is 13.1. The fourth-order valence-electron chi connectivity index (χ4n) is 1.86. The number of methoxy groups -OCH3 is 1. The third-order valence-electron chi connectivity index (χ3n) is 2.84. The monoisotopic (exact) mass is 266 g/mol. The molecule has 0 fully saturated rings. The maximum absolute atomic E-state index is 6.00. The molecule has 2 rings (SSSR count). The van der Waals surface area contributed by atoms with E-state index in [2.05, 4.69) is 5.43 Å². The Bertz CT molecular complexity index is 540. The smallest absolute Gasteiger partial charge is 0.137 e. The molecule has 0 aliphatic heterocycles. The first-order valence-electron chi connectivity index (χ1n) is 5.51. The fraction of sp³-hybridized carbons (Fsp3) is 0.231. The molecule has 1 aromatic carbocycles. The summed E-state index contributed by atoms with van der Waals surface area (Å²) in [5, 5.41) is 0.563. The molecule has 1 atom stereocenters. The molecular formula is C13H15ClN2O2. The number of hydrazine groups is 1. The summed E-state index contributed by atoms with van der Waals surface area (Å²) in [6.45, 7) is 1.97. The Morgan fingerprint density at radius 3 is 2.72 bits per heavy atom. The van der Waals surface area contributed by atoms with Gasteiger partial charge in [0.25, 0.3) is 0 Å². The molecule has 4 nitrogen and oxygen atoms in total. The highest BCUT2D eigenvalue weighted by molar-refractivity contribution is 6.32. The van der Waals surface area contributed by atoms with E-state index in [0.29, 0.717) is 10.8 Å². The average Bonchev–Trinajstić information content (AvgIpc) is 2.79. The number of rotatable bonds is 4. The molecule has 1 aromatic heterocycles. The van der Waals surface area contributed by atoms with E-state index in [-0.39, 0.29) is 6.04 Å². The van der Waals surface area contributed by atoms with E-state index < -0.39 is 0 Å². The van der Waals surface area contributed by atoms with Crippen LogP contribution in [0.3, 0.4) is 0 Å². The van der Waals surface area contributed by atoms with E-state index in [1.807, 2.05) is 25.1 Å². The molecule has 2 aromatic rings. The van der Waals surface area contributed by atoms with Gasteiger partial charge in [-0.1, -0.05) is 17.7 Å². The fourth-order valence-corrected chi connectivity index (χ4v) is 2.05. The van der Waals surface area contributed by atoms with Crippen LogP contribution in [0.25, 0.3) is 0 Å². The summed E-state index contributed by atoms with van der Waals surface area (Å²) >= 11 is 6.00. The molecule has 0 saturated carbocycles. The number of nitrogens with two attached hydrogens (primary N) is 1. The highest BCUT2D eigenvalue weighted by Crippen LogP contribution is 2.31. The van der Waals surface area contributed by atoms with Crippen LogP contribution in [-0.4, -0.2) is 7.11 Å². The van der Waals surface area contributed by atoms with E-state index in [4.69, 9.17) is 26.6 Å². The summed E-state index contributed by atoms with van der Waals surface area (Å²) in [5.41, 5.74) is 4.70. The van der Waals surface area contributed by atoms with Crippen LogP contribution >= 0.6 is 11.6 Å². The molecular weight excluding hydrogens is 252 g/mol. The van der Waals surface area contributed by atoms with Gasteiger partial charge in [0.05, 0.1) is 18.4 Å². The summed E-state index contributed by atoms with van der Waals surface area (Å²) in [7, 11) is 1.58. The minimum absolute atomic E-state index is 0.230. The van der Waals surface area contributed by atoms with Crippen molar-refractivity contribution < 1.29 is 9.15 Å². The molecule has 0 amide bonds. The number of benzene rings is 1. The van der Waals surface area contributed by atoms with Crippen molar-refractivity contribution in [2.75, 3.05) is 7.11 Å². The summed E-state index contributed by atoms with van der Waals surface area (Å²) in [4.78, 5) is 0. The molecule has 0 radical (unpaired) electrons. The Morgan fingerprint density at radius 2 is 2.17 bits per heavy atom. The van der Waals surface area contributed by atoms with E-state index in [0.717, 1.165) is 16.9 Å². The lowest BCUT2D eigenvalue weighted by molar-refractivity contribution is 0.411. The van der Waals surface area contributed by atoms with Crippen LogP contribution < -0.4 is 16.0 Å². The first-order valence-corrected chi connectivity index (χ1v) is 5.88. The topological polar surface area (TPSA) is 60.4 Å². The van der Waals surface area contributed by atoms with Crippen molar-refractivity contribution in [3.8, 4) is 5.75 Å². The number of furan rings is 1. The van der Waals surface area contributed by atoms with Crippen LogP contribution in [0.1, 0.15) is 22.9 Å². The van der Waals surface area contributed by atoms with Crippen LogP contribution in [-0.2, 0) is 0 Å². The van der Waals surface area contributed by atoms with Gasteiger partial charge in [-0.3, -0.25) is 5.84 Å². The molecule has 0 spiro atoms. The summed E-state index contributed by atoms with van der Waals surface area (Å²) in [5.74, 6) is 7.00. The molecule has 18 heavy (non-hydrogen) atoms. The Hall–Kier alpha value is -1.49. The van der Waals surface area contributed by atoms with Gasteiger partial charge >= 0.3 is 0 Å². The van der Waals surface area contributed by atoms with Crippen LogP contribution in [0.15, 0.2) is 34.9 Å². The second-order valence-corrected chi connectivity index (χ2v) is 4.37. The van der Waals surface area contributed by atoms with Crippen molar-refractivity contribution in [3.05, 3.63) is 52.4 Å². The van der Waals surface area contributed by atoms with Gasteiger partial charge in [-0.25, -0.2) is 5.43 Å². The van der Waals surface area contributed by atoms with E-state index in [9.17, 15) is 0 Å². The van der Waals surface area contributed by atoms with Crippen molar-refractivity contribution in [3.63, 3.8) is 0 Å². The molecule has 1 unspecified atom stereocenters. The zero-order valence-corrected chi connectivity index (χ0v) is 11.0. The first kappa shape index (κ1) is 13.0. The van der Waals surface area contributed by atoms with Gasteiger partial charge in [0.2, 0.25) is 0 Å². The van der Waals surface area contributed by atoms with Crippen LogP contribution in [0.5, 0.6) is 5.75 Å². The SMILES string of the molecule is COc1cc(C(NN)c2occc2C)ccc1Cl. The van der Waals surface area contributed by atoms with Crippen LogP contribution in [0.4, 0.5) is 0 Å². The average molecular weight is 267 g/mol. The number of aryl methyl sites for hydroxylation is 1. The van der Waals surface area contributed by atoms with Crippen molar-refractivity contribution in [2.24, 2.45) is 5.84 Å². The Balaban J connectivity index is 2.42.